The highest BCUT2D eigenvalue weighted by Gasteiger charge is 2.24. The molecule has 2 N–H and O–H groups in total. The predicted octanol–water partition coefficient (Wildman–Crippen LogP) is 2.70. The van der Waals surface area contributed by atoms with Crippen LogP contribution in [0.2, 0.25) is 5.02 Å². The van der Waals surface area contributed by atoms with Crippen LogP contribution in [-0.2, 0) is 13.1 Å². The summed E-state index contributed by atoms with van der Waals surface area (Å²) >= 11 is 5.80. The Balaban J connectivity index is 1.66. The molecule has 1 atom stereocenters. The normalized spacial score (nSPS) is 18.3. The smallest absolute Gasteiger partial charge is 0.222 e. The zero-order chi connectivity index (χ0) is 16.1. The first kappa shape index (κ1) is 16.2. The number of nitrogens with zero attached hydrogens (tertiary/aromatic N) is 3. The Morgan fingerprint density at radius 1 is 1.22 bits per heavy atom. The van der Waals surface area contributed by atoms with Gasteiger partial charge in [0.1, 0.15) is 0 Å². The minimum absolute atomic E-state index is 0.235. The Bertz CT molecular complexity index is 635. The molecule has 6 heteroatoms. The third-order valence-electron chi connectivity index (χ3n) is 4.26. The van der Waals surface area contributed by atoms with Crippen molar-refractivity contribution in [2.75, 3.05) is 18.5 Å². The number of anilines is 1. The van der Waals surface area contributed by atoms with E-state index in [1.807, 2.05) is 6.07 Å². The van der Waals surface area contributed by atoms with Crippen LogP contribution in [-0.4, -0.2) is 39.2 Å². The highest BCUT2D eigenvalue weighted by molar-refractivity contribution is 6.30. The molecule has 5 nitrogen and oxygen atoms in total. The lowest BCUT2D eigenvalue weighted by Gasteiger charge is -2.24. The molecular formula is C17H21ClN4O. The van der Waals surface area contributed by atoms with Crippen molar-refractivity contribution < 1.29 is 5.11 Å². The molecule has 1 aromatic carbocycles. The van der Waals surface area contributed by atoms with E-state index in [1.54, 1.807) is 12.4 Å². The summed E-state index contributed by atoms with van der Waals surface area (Å²) in [5.74, 6) is 0.568. The quantitative estimate of drug-likeness (QED) is 0.851. The molecule has 0 radical (unpaired) electrons. The van der Waals surface area contributed by atoms with Crippen LogP contribution in [0, 0.1) is 0 Å². The minimum atomic E-state index is 0.235. The van der Waals surface area contributed by atoms with Crippen molar-refractivity contribution >= 4 is 17.5 Å². The second-order valence-corrected chi connectivity index (χ2v) is 6.23. The molecule has 1 aliphatic heterocycles. The van der Waals surface area contributed by atoms with Gasteiger partial charge in [-0.2, -0.15) is 0 Å². The standard InChI is InChI=1S/C17H21ClN4O/c18-15-9-20-17(21-10-15)19-8-13-4-1-2-5-14(13)11-22-7-3-6-16(22)12-23/h1-2,4-5,9-10,16,23H,3,6-8,11-12H2,(H,19,20,21)/t16-/m1/s1. The minimum Gasteiger partial charge on any atom is -0.395 e. The molecule has 0 amide bonds. The average molecular weight is 333 g/mol. The summed E-state index contributed by atoms with van der Waals surface area (Å²) in [5, 5.41) is 13.2. The Hall–Kier alpha value is -1.69. The van der Waals surface area contributed by atoms with E-state index in [-0.39, 0.29) is 12.6 Å². The molecule has 0 bridgehead atoms. The van der Waals surface area contributed by atoms with Gasteiger partial charge in [-0.1, -0.05) is 35.9 Å². The number of halogens is 1. The average Bonchev–Trinajstić information content (AvgIpc) is 3.03. The molecule has 1 saturated heterocycles. The molecule has 0 unspecified atom stereocenters. The van der Waals surface area contributed by atoms with E-state index in [2.05, 4.69) is 38.4 Å². The maximum atomic E-state index is 9.48. The van der Waals surface area contributed by atoms with Crippen LogP contribution in [0.15, 0.2) is 36.7 Å². The number of aliphatic hydroxyl groups excluding tert-OH is 1. The SMILES string of the molecule is OC[C@H]1CCCN1Cc1ccccc1CNc1ncc(Cl)cn1. The Kier molecular flexibility index (Phi) is 5.43. The van der Waals surface area contributed by atoms with E-state index in [9.17, 15) is 5.11 Å². The van der Waals surface area contributed by atoms with Crippen LogP contribution < -0.4 is 5.32 Å². The molecule has 0 spiro atoms. The summed E-state index contributed by atoms with van der Waals surface area (Å²) in [5.41, 5.74) is 2.49. The van der Waals surface area contributed by atoms with E-state index < -0.39 is 0 Å². The zero-order valence-electron chi connectivity index (χ0n) is 13.0. The summed E-state index contributed by atoms with van der Waals surface area (Å²) in [6, 6.07) is 8.64. The van der Waals surface area contributed by atoms with Crippen LogP contribution in [0.1, 0.15) is 24.0 Å². The predicted molar refractivity (Wildman–Crippen MR) is 91.3 cm³/mol. The largest absolute Gasteiger partial charge is 0.395 e. The number of nitrogens with one attached hydrogen (secondary N) is 1. The van der Waals surface area contributed by atoms with Crippen LogP contribution in [0.3, 0.4) is 0 Å². The van der Waals surface area contributed by atoms with Gasteiger partial charge < -0.3 is 10.4 Å². The van der Waals surface area contributed by atoms with E-state index in [0.717, 1.165) is 25.9 Å². The molecule has 1 aromatic heterocycles. The third-order valence-corrected chi connectivity index (χ3v) is 4.45. The number of benzene rings is 1. The number of likely N-dealkylation sites (tertiary alicyclic amines) is 1. The van der Waals surface area contributed by atoms with Gasteiger partial charge in [-0.25, -0.2) is 9.97 Å². The Labute approximate surface area is 141 Å². The van der Waals surface area contributed by atoms with Crippen molar-refractivity contribution in [1.29, 1.82) is 0 Å². The van der Waals surface area contributed by atoms with Gasteiger partial charge in [0.15, 0.2) is 0 Å². The van der Waals surface area contributed by atoms with E-state index in [4.69, 9.17) is 11.6 Å². The third kappa shape index (κ3) is 4.19. The maximum Gasteiger partial charge on any atom is 0.222 e. The number of aliphatic hydroxyl groups is 1. The molecule has 0 aliphatic carbocycles. The summed E-state index contributed by atoms with van der Waals surface area (Å²) in [4.78, 5) is 10.7. The van der Waals surface area contributed by atoms with Crippen LogP contribution in [0.25, 0.3) is 0 Å². The van der Waals surface area contributed by atoms with Gasteiger partial charge in [0, 0.05) is 19.1 Å². The number of hydrogen-bond acceptors (Lipinski definition) is 5. The second kappa shape index (κ2) is 7.73. The van der Waals surface area contributed by atoms with E-state index in [1.165, 1.54) is 11.1 Å². The van der Waals surface area contributed by atoms with Crippen LogP contribution in [0.5, 0.6) is 0 Å². The van der Waals surface area contributed by atoms with Crippen molar-refractivity contribution in [1.82, 2.24) is 14.9 Å². The number of rotatable bonds is 6. The fourth-order valence-electron chi connectivity index (χ4n) is 2.99. The van der Waals surface area contributed by atoms with Crippen LogP contribution >= 0.6 is 11.6 Å². The Morgan fingerprint density at radius 3 is 2.70 bits per heavy atom. The van der Waals surface area contributed by atoms with E-state index >= 15 is 0 Å². The lowest BCUT2D eigenvalue weighted by Crippen LogP contribution is -2.32. The molecule has 3 rings (SSSR count). The van der Waals surface area contributed by atoms with Crippen molar-refractivity contribution in [3.63, 3.8) is 0 Å². The topological polar surface area (TPSA) is 61.3 Å². The molecule has 1 fully saturated rings. The first-order chi connectivity index (χ1) is 11.3. The lowest BCUT2D eigenvalue weighted by molar-refractivity contribution is 0.153. The first-order valence-electron chi connectivity index (χ1n) is 7.89. The van der Waals surface area contributed by atoms with Crippen molar-refractivity contribution in [3.8, 4) is 0 Å². The van der Waals surface area contributed by atoms with Crippen molar-refractivity contribution in [2.45, 2.75) is 32.0 Å². The van der Waals surface area contributed by atoms with Gasteiger partial charge in [-0.3, -0.25) is 4.90 Å². The highest BCUT2D eigenvalue weighted by Crippen LogP contribution is 2.21. The monoisotopic (exact) mass is 332 g/mol. The van der Waals surface area contributed by atoms with E-state index in [0.29, 0.717) is 17.5 Å². The molecule has 0 saturated carbocycles. The summed E-state index contributed by atoms with van der Waals surface area (Å²) in [6.45, 7) is 2.81. The summed E-state index contributed by atoms with van der Waals surface area (Å²) < 4.78 is 0. The van der Waals surface area contributed by atoms with Crippen molar-refractivity contribution in [2.24, 2.45) is 0 Å². The number of hydrogen-bond donors (Lipinski definition) is 2. The van der Waals surface area contributed by atoms with Crippen LogP contribution in [0.4, 0.5) is 5.95 Å². The number of aromatic nitrogens is 2. The second-order valence-electron chi connectivity index (χ2n) is 5.80. The van der Waals surface area contributed by atoms with Gasteiger partial charge in [-0.15, -0.1) is 0 Å². The lowest BCUT2D eigenvalue weighted by atomic mass is 10.1. The molecule has 2 heterocycles. The summed E-state index contributed by atoms with van der Waals surface area (Å²) in [6.07, 6.45) is 5.40. The summed E-state index contributed by atoms with van der Waals surface area (Å²) in [7, 11) is 0. The molecular weight excluding hydrogens is 312 g/mol. The maximum absolute atomic E-state index is 9.48. The van der Waals surface area contributed by atoms with Gasteiger partial charge >= 0.3 is 0 Å². The Morgan fingerprint density at radius 2 is 1.96 bits per heavy atom. The highest BCUT2D eigenvalue weighted by atomic mass is 35.5. The zero-order valence-corrected chi connectivity index (χ0v) is 13.7. The van der Waals surface area contributed by atoms with Gasteiger partial charge in [0.2, 0.25) is 5.95 Å². The molecule has 23 heavy (non-hydrogen) atoms. The van der Waals surface area contributed by atoms with Gasteiger partial charge in [0.25, 0.3) is 0 Å². The molecule has 2 aromatic rings. The van der Waals surface area contributed by atoms with Gasteiger partial charge in [0.05, 0.1) is 24.0 Å². The fourth-order valence-corrected chi connectivity index (χ4v) is 3.09. The van der Waals surface area contributed by atoms with Crippen molar-refractivity contribution in [3.05, 3.63) is 52.8 Å². The molecule has 122 valence electrons. The first-order valence-corrected chi connectivity index (χ1v) is 8.27. The fraction of sp³-hybridized carbons (Fsp3) is 0.412. The van der Waals surface area contributed by atoms with Gasteiger partial charge in [-0.05, 0) is 30.5 Å². The molecule has 1 aliphatic rings.